The number of likely N-dealkylation sites (tertiary alicyclic amines) is 1. The van der Waals surface area contributed by atoms with Crippen molar-refractivity contribution in [2.75, 3.05) is 13.1 Å². The lowest BCUT2D eigenvalue weighted by Gasteiger charge is -2.38. The lowest BCUT2D eigenvalue weighted by atomic mass is 9.91. The maximum atomic E-state index is 11.8. The summed E-state index contributed by atoms with van der Waals surface area (Å²) in [6, 6.07) is 0.476. The molecule has 0 spiro atoms. The van der Waals surface area contributed by atoms with E-state index in [2.05, 4.69) is 10.2 Å². The summed E-state index contributed by atoms with van der Waals surface area (Å²) < 4.78 is 0. The Morgan fingerprint density at radius 1 is 1.24 bits per heavy atom. The summed E-state index contributed by atoms with van der Waals surface area (Å²) in [4.78, 5) is 25.1. The van der Waals surface area contributed by atoms with Gasteiger partial charge in [-0.05, 0) is 25.7 Å². The second-order valence-electron chi connectivity index (χ2n) is 5.24. The number of Topliss-reactive ketones (excluding diaryl/α,β-unsaturated/α-hetero) is 1. The van der Waals surface area contributed by atoms with Crippen molar-refractivity contribution >= 4 is 11.7 Å². The highest BCUT2D eigenvalue weighted by Gasteiger charge is 2.31. The molecule has 1 aliphatic carbocycles. The first-order chi connectivity index (χ1) is 8.16. The fourth-order valence-electron chi connectivity index (χ4n) is 2.99. The number of ketones is 1. The topological polar surface area (TPSA) is 49.4 Å². The van der Waals surface area contributed by atoms with E-state index >= 15 is 0 Å². The van der Waals surface area contributed by atoms with Crippen LogP contribution in [0.15, 0.2) is 0 Å². The van der Waals surface area contributed by atoms with E-state index in [1.54, 1.807) is 6.92 Å². The lowest BCUT2D eigenvalue weighted by molar-refractivity contribution is -0.127. The van der Waals surface area contributed by atoms with Crippen LogP contribution < -0.4 is 5.32 Å². The molecule has 2 rings (SSSR count). The van der Waals surface area contributed by atoms with Gasteiger partial charge in [0.1, 0.15) is 5.78 Å². The first kappa shape index (κ1) is 12.6. The number of hydrogen-bond acceptors (Lipinski definition) is 3. The maximum Gasteiger partial charge on any atom is 0.217 e. The van der Waals surface area contributed by atoms with Crippen LogP contribution in [0.1, 0.15) is 45.4 Å². The smallest absolute Gasteiger partial charge is 0.217 e. The first-order valence-corrected chi connectivity index (χ1v) is 6.70. The summed E-state index contributed by atoms with van der Waals surface area (Å²) in [6.07, 6.45) is 5.99. The molecule has 0 aromatic carbocycles. The minimum absolute atomic E-state index is 0.0530. The molecule has 1 amide bonds. The molecular formula is C13H22N2O2. The van der Waals surface area contributed by atoms with Crippen molar-refractivity contribution in [2.24, 2.45) is 0 Å². The molecule has 1 atom stereocenters. The standard InChI is InChI=1S/C13H22N2O2/c1-10(16)14-11-6-8-15(9-7-11)12-4-2-3-5-13(12)17/h11-12H,2-9H2,1H3,(H,14,16). The molecule has 2 aliphatic rings. The van der Waals surface area contributed by atoms with Gasteiger partial charge >= 0.3 is 0 Å². The third-order valence-electron chi connectivity index (χ3n) is 3.90. The predicted octanol–water partition coefficient (Wildman–Crippen LogP) is 1.10. The van der Waals surface area contributed by atoms with Gasteiger partial charge in [-0.15, -0.1) is 0 Å². The van der Waals surface area contributed by atoms with Crippen LogP contribution in [0.3, 0.4) is 0 Å². The summed E-state index contributed by atoms with van der Waals surface area (Å²) in [5.74, 6) is 0.478. The number of hydrogen-bond donors (Lipinski definition) is 1. The number of carbonyl (C=O) groups excluding carboxylic acids is 2. The molecule has 4 nitrogen and oxygen atoms in total. The zero-order chi connectivity index (χ0) is 12.3. The van der Waals surface area contributed by atoms with Crippen LogP contribution in [-0.4, -0.2) is 41.8 Å². The summed E-state index contributed by atoms with van der Waals surface area (Å²) in [5, 5.41) is 2.97. The van der Waals surface area contributed by atoms with Crippen LogP contribution >= 0.6 is 0 Å². The van der Waals surface area contributed by atoms with Gasteiger partial charge in [0.2, 0.25) is 5.91 Å². The van der Waals surface area contributed by atoms with E-state index in [0.29, 0.717) is 11.8 Å². The molecule has 96 valence electrons. The van der Waals surface area contributed by atoms with Crippen molar-refractivity contribution in [3.63, 3.8) is 0 Å². The quantitative estimate of drug-likeness (QED) is 0.783. The second-order valence-corrected chi connectivity index (χ2v) is 5.24. The van der Waals surface area contributed by atoms with Gasteiger partial charge in [-0.3, -0.25) is 14.5 Å². The zero-order valence-corrected chi connectivity index (χ0v) is 10.6. The molecule has 4 heteroatoms. The Kier molecular flexibility index (Phi) is 4.15. The van der Waals surface area contributed by atoms with Crippen LogP contribution in [0.2, 0.25) is 0 Å². The van der Waals surface area contributed by atoms with Crippen molar-refractivity contribution in [1.29, 1.82) is 0 Å². The fourth-order valence-corrected chi connectivity index (χ4v) is 2.99. The van der Waals surface area contributed by atoms with Crippen LogP contribution in [0.4, 0.5) is 0 Å². The van der Waals surface area contributed by atoms with E-state index in [4.69, 9.17) is 0 Å². The molecule has 0 bridgehead atoms. The average molecular weight is 238 g/mol. The Labute approximate surface area is 103 Å². The van der Waals surface area contributed by atoms with Gasteiger partial charge in [0.25, 0.3) is 0 Å². The summed E-state index contributed by atoms with van der Waals surface area (Å²) >= 11 is 0. The third kappa shape index (κ3) is 3.28. The lowest BCUT2D eigenvalue weighted by Crippen LogP contribution is -2.50. The van der Waals surface area contributed by atoms with Gasteiger partial charge in [-0.1, -0.05) is 6.42 Å². The Bertz CT molecular complexity index is 296. The molecule has 1 saturated carbocycles. The largest absolute Gasteiger partial charge is 0.354 e. The van der Waals surface area contributed by atoms with Crippen LogP contribution in [0, 0.1) is 0 Å². The highest BCUT2D eigenvalue weighted by atomic mass is 16.1. The monoisotopic (exact) mass is 238 g/mol. The number of carbonyl (C=O) groups is 2. The zero-order valence-electron chi connectivity index (χ0n) is 10.6. The van der Waals surface area contributed by atoms with Gasteiger partial charge in [-0.25, -0.2) is 0 Å². The summed E-state index contributed by atoms with van der Waals surface area (Å²) in [6.45, 7) is 3.46. The third-order valence-corrected chi connectivity index (χ3v) is 3.90. The number of rotatable bonds is 2. The molecule has 1 heterocycles. The molecule has 0 aromatic rings. The van der Waals surface area contributed by atoms with Gasteiger partial charge in [-0.2, -0.15) is 0 Å². The second kappa shape index (κ2) is 5.63. The van der Waals surface area contributed by atoms with Crippen molar-refractivity contribution < 1.29 is 9.59 Å². The van der Waals surface area contributed by atoms with Crippen molar-refractivity contribution in [3.8, 4) is 0 Å². The number of piperidine rings is 1. The molecule has 1 saturated heterocycles. The van der Waals surface area contributed by atoms with Crippen molar-refractivity contribution in [3.05, 3.63) is 0 Å². The van der Waals surface area contributed by atoms with E-state index in [0.717, 1.165) is 45.2 Å². The van der Waals surface area contributed by atoms with Gasteiger partial charge in [0.15, 0.2) is 0 Å². The average Bonchev–Trinajstić information content (AvgIpc) is 2.30. The minimum atomic E-state index is 0.0530. The van der Waals surface area contributed by atoms with Crippen LogP contribution in [-0.2, 0) is 9.59 Å². The number of nitrogens with one attached hydrogen (secondary N) is 1. The number of amides is 1. The Morgan fingerprint density at radius 3 is 2.53 bits per heavy atom. The molecule has 17 heavy (non-hydrogen) atoms. The molecule has 2 fully saturated rings. The molecule has 1 N–H and O–H groups in total. The number of nitrogens with zero attached hydrogens (tertiary/aromatic N) is 1. The minimum Gasteiger partial charge on any atom is -0.354 e. The van der Waals surface area contributed by atoms with Crippen LogP contribution in [0.5, 0.6) is 0 Å². The summed E-state index contributed by atoms with van der Waals surface area (Å²) in [5.41, 5.74) is 0. The Balaban J connectivity index is 1.81. The molecule has 0 aromatic heterocycles. The van der Waals surface area contributed by atoms with Gasteiger partial charge in [0.05, 0.1) is 6.04 Å². The normalized spacial score (nSPS) is 28.1. The van der Waals surface area contributed by atoms with E-state index in [1.165, 1.54) is 6.42 Å². The van der Waals surface area contributed by atoms with Crippen molar-refractivity contribution in [2.45, 2.75) is 57.5 Å². The first-order valence-electron chi connectivity index (χ1n) is 6.70. The van der Waals surface area contributed by atoms with Crippen molar-refractivity contribution in [1.82, 2.24) is 10.2 Å². The van der Waals surface area contributed by atoms with Crippen LogP contribution in [0.25, 0.3) is 0 Å². The summed E-state index contributed by atoms with van der Waals surface area (Å²) in [7, 11) is 0. The van der Waals surface area contributed by atoms with Gasteiger partial charge < -0.3 is 5.32 Å². The predicted molar refractivity (Wildman–Crippen MR) is 65.7 cm³/mol. The molecule has 1 aliphatic heterocycles. The van der Waals surface area contributed by atoms with Gasteiger partial charge in [0, 0.05) is 32.5 Å². The van der Waals surface area contributed by atoms with E-state index in [-0.39, 0.29) is 11.9 Å². The molecule has 0 radical (unpaired) electrons. The highest BCUT2D eigenvalue weighted by molar-refractivity contribution is 5.84. The van der Waals surface area contributed by atoms with E-state index in [1.807, 2.05) is 0 Å². The highest BCUT2D eigenvalue weighted by Crippen LogP contribution is 2.23. The maximum absolute atomic E-state index is 11.8. The molecular weight excluding hydrogens is 216 g/mol. The Hall–Kier alpha value is -0.900. The van der Waals surface area contributed by atoms with E-state index in [9.17, 15) is 9.59 Å². The SMILES string of the molecule is CC(=O)NC1CCN(C2CCCCC2=O)CC1. The Morgan fingerprint density at radius 2 is 1.94 bits per heavy atom. The molecule has 1 unspecified atom stereocenters. The fraction of sp³-hybridized carbons (Fsp3) is 0.846. The van der Waals surface area contributed by atoms with E-state index < -0.39 is 0 Å².